The maximum atomic E-state index is 12.2. The molecule has 0 saturated carbocycles. The van der Waals surface area contributed by atoms with Gasteiger partial charge in [0, 0.05) is 18.7 Å². The summed E-state index contributed by atoms with van der Waals surface area (Å²) in [5, 5.41) is 0. The highest BCUT2D eigenvalue weighted by Gasteiger charge is 2.36. The smallest absolute Gasteiger partial charge is 0.229 e. The summed E-state index contributed by atoms with van der Waals surface area (Å²) in [5.41, 5.74) is 0. The predicted molar refractivity (Wildman–Crippen MR) is 61.8 cm³/mol. The van der Waals surface area contributed by atoms with Crippen LogP contribution in [0.25, 0.3) is 0 Å². The number of alkyl halides is 4. The number of nitrogens with zero attached hydrogens (tertiary/aromatic N) is 1. The normalized spacial score (nSPS) is 14.1. The fourth-order valence-electron chi connectivity index (χ4n) is 0.997. The Morgan fingerprint density at radius 2 is 1.61 bits per heavy atom. The summed E-state index contributed by atoms with van der Waals surface area (Å²) < 4.78 is 81.4. The molecule has 0 saturated heterocycles. The predicted octanol–water partition coefficient (Wildman–Crippen LogP) is 0.464. The molecular formula is C7H13ClF3NO4S2. The molecule has 5 nitrogen and oxygen atoms in total. The molecular weight excluding hydrogens is 319 g/mol. The van der Waals surface area contributed by atoms with Crippen LogP contribution in [0.4, 0.5) is 13.2 Å². The van der Waals surface area contributed by atoms with Crippen molar-refractivity contribution < 1.29 is 30.0 Å². The molecule has 11 heteroatoms. The highest BCUT2D eigenvalue weighted by atomic mass is 35.5. The van der Waals surface area contributed by atoms with Crippen LogP contribution < -0.4 is 0 Å². The number of sulfone groups is 1. The van der Waals surface area contributed by atoms with Crippen LogP contribution in [0.2, 0.25) is 0 Å². The van der Waals surface area contributed by atoms with E-state index in [1.807, 2.05) is 0 Å². The largest absolute Gasteiger partial charge is 0.402 e. The minimum Gasteiger partial charge on any atom is -0.229 e. The first-order valence-electron chi connectivity index (χ1n) is 4.66. The van der Waals surface area contributed by atoms with Crippen LogP contribution in [-0.2, 0) is 19.9 Å². The summed E-state index contributed by atoms with van der Waals surface area (Å²) in [6.45, 7) is -2.20. The molecule has 0 aliphatic carbocycles. The molecule has 0 rings (SSSR count). The van der Waals surface area contributed by atoms with Crippen LogP contribution in [0.5, 0.6) is 0 Å². The van der Waals surface area contributed by atoms with Gasteiger partial charge in [-0.05, 0) is 0 Å². The molecule has 0 aliphatic heterocycles. The topological polar surface area (TPSA) is 71.5 Å². The van der Waals surface area contributed by atoms with Gasteiger partial charge < -0.3 is 0 Å². The molecule has 0 fully saturated rings. The molecule has 0 aromatic carbocycles. The lowest BCUT2D eigenvalue weighted by atomic mass is 10.6. The second kappa shape index (κ2) is 6.40. The number of hydrogen-bond donors (Lipinski definition) is 0. The third-order valence-electron chi connectivity index (χ3n) is 1.80. The maximum Gasteiger partial charge on any atom is 0.402 e. The van der Waals surface area contributed by atoms with Gasteiger partial charge in [0.05, 0.1) is 11.5 Å². The molecule has 0 atom stereocenters. The van der Waals surface area contributed by atoms with Gasteiger partial charge in [-0.15, -0.1) is 11.6 Å². The lowest BCUT2D eigenvalue weighted by Crippen LogP contribution is -2.42. The summed E-state index contributed by atoms with van der Waals surface area (Å²) in [4.78, 5) is 0. The molecule has 0 aliphatic rings. The van der Waals surface area contributed by atoms with E-state index in [1.165, 1.54) is 0 Å². The van der Waals surface area contributed by atoms with E-state index in [1.54, 1.807) is 0 Å². The summed E-state index contributed by atoms with van der Waals surface area (Å²) in [5.74, 6) is -1.93. The zero-order chi connectivity index (χ0) is 14.6. The van der Waals surface area contributed by atoms with E-state index in [9.17, 15) is 30.0 Å². The number of halogens is 4. The van der Waals surface area contributed by atoms with Crippen LogP contribution in [0.1, 0.15) is 0 Å². The number of rotatable bonds is 7. The fourth-order valence-corrected chi connectivity index (χ4v) is 4.32. The van der Waals surface area contributed by atoms with Crippen molar-refractivity contribution >= 4 is 31.5 Å². The highest BCUT2D eigenvalue weighted by molar-refractivity contribution is 7.93. The van der Waals surface area contributed by atoms with Gasteiger partial charge in [0.15, 0.2) is 0 Å². The molecule has 0 amide bonds. The molecule has 0 aromatic heterocycles. The van der Waals surface area contributed by atoms with Crippen LogP contribution in [-0.4, -0.2) is 64.0 Å². The van der Waals surface area contributed by atoms with E-state index >= 15 is 0 Å². The lowest BCUT2D eigenvalue weighted by molar-refractivity contribution is -0.135. The Kier molecular flexibility index (Phi) is 6.38. The van der Waals surface area contributed by atoms with Gasteiger partial charge in [0.25, 0.3) is 0 Å². The Balaban J connectivity index is 4.88. The van der Waals surface area contributed by atoms with Gasteiger partial charge in [-0.1, -0.05) is 0 Å². The van der Waals surface area contributed by atoms with E-state index < -0.39 is 50.6 Å². The van der Waals surface area contributed by atoms with Crippen LogP contribution in [0.3, 0.4) is 0 Å². The Bertz CT molecular complexity index is 460. The van der Waals surface area contributed by atoms with Crippen LogP contribution >= 0.6 is 11.6 Å². The summed E-state index contributed by atoms with van der Waals surface area (Å²) >= 11 is 5.23. The standard InChI is InChI=1S/C7H13ClF3NO4S2/c1-17(13,14)4-5-18(15,16)12(3-2-8)6-7(9,10)11/h2-6H2,1H3. The fraction of sp³-hybridized carbons (Fsp3) is 1.00. The van der Waals surface area contributed by atoms with Crippen molar-refractivity contribution in [3.8, 4) is 0 Å². The van der Waals surface area contributed by atoms with E-state index in [4.69, 9.17) is 11.6 Å². The quantitative estimate of drug-likeness (QED) is 0.636. The minimum absolute atomic E-state index is 0.144. The first-order chi connectivity index (χ1) is 7.87. The van der Waals surface area contributed by atoms with Gasteiger partial charge in [-0.3, -0.25) is 0 Å². The summed E-state index contributed by atoms with van der Waals surface area (Å²) in [6, 6.07) is 0. The molecule has 18 heavy (non-hydrogen) atoms. The van der Waals surface area contributed by atoms with Crippen molar-refractivity contribution in [1.82, 2.24) is 4.31 Å². The second-order valence-electron chi connectivity index (χ2n) is 3.58. The Labute approximate surface area is 109 Å². The van der Waals surface area contributed by atoms with E-state index in [-0.39, 0.29) is 10.2 Å². The maximum absolute atomic E-state index is 12.2. The van der Waals surface area contributed by atoms with Gasteiger partial charge in [-0.25, -0.2) is 16.8 Å². The zero-order valence-electron chi connectivity index (χ0n) is 9.44. The average molecular weight is 332 g/mol. The van der Waals surface area contributed by atoms with Crippen molar-refractivity contribution in [2.45, 2.75) is 6.18 Å². The second-order valence-corrected chi connectivity index (χ2v) is 8.31. The van der Waals surface area contributed by atoms with Gasteiger partial charge in [0.1, 0.15) is 16.4 Å². The molecule has 110 valence electrons. The summed E-state index contributed by atoms with van der Waals surface area (Å²) in [7, 11) is -7.87. The SMILES string of the molecule is CS(=O)(=O)CCS(=O)(=O)N(CCCl)CC(F)(F)F. The van der Waals surface area contributed by atoms with Crippen LogP contribution in [0.15, 0.2) is 0 Å². The molecule has 0 heterocycles. The lowest BCUT2D eigenvalue weighted by Gasteiger charge is -2.22. The average Bonchev–Trinajstić information content (AvgIpc) is 2.11. The first-order valence-corrected chi connectivity index (χ1v) is 8.86. The van der Waals surface area contributed by atoms with Crippen molar-refractivity contribution in [2.75, 3.05) is 36.7 Å². The third-order valence-corrected chi connectivity index (χ3v) is 4.99. The van der Waals surface area contributed by atoms with E-state index in [0.717, 1.165) is 6.26 Å². The molecule has 0 bridgehead atoms. The van der Waals surface area contributed by atoms with Crippen molar-refractivity contribution in [2.24, 2.45) is 0 Å². The number of hydrogen-bond acceptors (Lipinski definition) is 4. The van der Waals surface area contributed by atoms with Gasteiger partial charge in [0.2, 0.25) is 10.0 Å². The summed E-state index contributed by atoms with van der Waals surface area (Å²) in [6.07, 6.45) is -3.90. The van der Waals surface area contributed by atoms with Crippen molar-refractivity contribution in [3.63, 3.8) is 0 Å². The molecule has 0 spiro atoms. The Hall–Kier alpha value is -0.0600. The third kappa shape index (κ3) is 8.11. The van der Waals surface area contributed by atoms with Crippen molar-refractivity contribution in [1.29, 1.82) is 0 Å². The molecule has 0 N–H and O–H groups in total. The Morgan fingerprint density at radius 1 is 1.11 bits per heavy atom. The monoisotopic (exact) mass is 331 g/mol. The molecule has 0 radical (unpaired) electrons. The van der Waals surface area contributed by atoms with E-state index in [0.29, 0.717) is 0 Å². The molecule has 0 unspecified atom stereocenters. The molecule has 0 aromatic rings. The van der Waals surface area contributed by atoms with E-state index in [2.05, 4.69) is 0 Å². The van der Waals surface area contributed by atoms with Crippen molar-refractivity contribution in [3.05, 3.63) is 0 Å². The van der Waals surface area contributed by atoms with Gasteiger partial charge >= 0.3 is 6.18 Å². The number of sulfonamides is 1. The highest BCUT2D eigenvalue weighted by Crippen LogP contribution is 2.18. The first kappa shape index (κ1) is 17.9. The van der Waals surface area contributed by atoms with Gasteiger partial charge in [-0.2, -0.15) is 17.5 Å². The van der Waals surface area contributed by atoms with Crippen LogP contribution in [0, 0.1) is 0 Å². The minimum atomic E-state index is -4.70. The zero-order valence-corrected chi connectivity index (χ0v) is 11.8. The Morgan fingerprint density at radius 3 is 1.94 bits per heavy atom.